The van der Waals surface area contributed by atoms with Crippen LogP contribution in [0.15, 0.2) is 54.6 Å². The molecule has 0 atom stereocenters. The zero-order valence-electron chi connectivity index (χ0n) is 23.0. The van der Waals surface area contributed by atoms with E-state index in [1.165, 1.54) is 25.3 Å². The van der Waals surface area contributed by atoms with Crippen LogP contribution >= 0.6 is 0 Å². The number of hydrogen-bond acceptors (Lipinski definition) is 7. The zero-order valence-corrected chi connectivity index (χ0v) is 23.9. The molecule has 3 aromatic carbocycles. The van der Waals surface area contributed by atoms with Crippen molar-refractivity contribution < 1.29 is 26.5 Å². The molecule has 208 valence electrons. The monoisotopic (exact) mass is 555 g/mol. The number of carbonyl (C=O) groups excluding carboxylic acids is 1. The summed E-state index contributed by atoms with van der Waals surface area (Å²) in [6, 6.07) is 15.0. The Morgan fingerprint density at radius 2 is 1.79 bits per heavy atom. The summed E-state index contributed by atoms with van der Waals surface area (Å²) in [7, 11) is 1.37. The molecule has 1 aliphatic rings. The fraction of sp³-hybridized carbons (Fsp3) is 0.345. The molecule has 0 radical (unpaired) electrons. The number of likely N-dealkylation sites (N-methyl/N-ethyl adjacent to an activating group) is 1. The molecule has 0 aliphatic carbocycles. The number of nitrogens with one attached hydrogen (secondary N) is 1. The lowest BCUT2D eigenvalue weighted by atomic mass is 9.91. The zero-order chi connectivity index (χ0) is 28.5. The topological polar surface area (TPSA) is 88.2 Å². The van der Waals surface area contributed by atoms with E-state index in [9.17, 15) is 17.6 Å². The van der Waals surface area contributed by atoms with Gasteiger partial charge in [0.15, 0.2) is 0 Å². The van der Waals surface area contributed by atoms with E-state index in [-0.39, 0.29) is 23.2 Å². The molecule has 1 N–H and O–H groups in total. The number of methoxy groups -OCH3 is 1. The van der Waals surface area contributed by atoms with Crippen molar-refractivity contribution >= 4 is 33.1 Å². The highest BCUT2D eigenvalue weighted by Crippen LogP contribution is 2.45. The molecule has 1 aliphatic heterocycles. The summed E-state index contributed by atoms with van der Waals surface area (Å²) in [5, 5.41) is 3.35. The van der Waals surface area contributed by atoms with Gasteiger partial charge in [-0.3, -0.25) is 4.79 Å². The first-order valence-electron chi connectivity index (χ1n) is 12.7. The van der Waals surface area contributed by atoms with Crippen molar-refractivity contribution in [2.24, 2.45) is 0 Å². The molecule has 0 unspecified atom stereocenters. The maximum atomic E-state index is 14.0. The van der Waals surface area contributed by atoms with Crippen molar-refractivity contribution in [3.05, 3.63) is 66.0 Å². The Morgan fingerprint density at radius 3 is 2.46 bits per heavy atom. The van der Waals surface area contributed by atoms with E-state index in [1.807, 2.05) is 44.0 Å². The molecule has 0 bridgehead atoms. The number of carbonyl (C=O) groups is 1. The van der Waals surface area contributed by atoms with Gasteiger partial charge in [-0.05, 0) is 62.2 Å². The van der Waals surface area contributed by atoms with Crippen LogP contribution in [0.3, 0.4) is 0 Å². The number of fused-ring (bicyclic) bond motifs is 1. The van der Waals surface area contributed by atoms with Gasteiger partial charge in [-0.15, -0.1) is 0 Å². The summed E-state index contributed by atoms with van der Waals surface area (Å²) in [4.78, 5) is 16.8. The largest absolute Gasteiger partial charge is 0.496 e. The van der Waals surface area contributed by atoms with Crippen molar-refractivity contribution in [2.75, 3.05) is 42.1 Å². The maximum absolute atomic E-state index is 14.0. The fourth-order valence-corrected chi connectivity index (χ4v) is 5.85. The minimum absolute atomic E-state index is 0.0951. The summed E-state index contributed by atoms with van der Waals surface area (Å²) in [6.07, 6.45) is 0.436. The lowest BCUT2D eigenvalue weighted by molar-refractivity contribution is -0.121. The predicted octanol–water partition coefficient (Wildman–Crippen LogP) is 5.42. The second-order valence-corrected chi connectivity index (χ2v) is 11.8. The number of benzene rings is 3. The number of halogens is 1. The van der Waals surface area contributed by atoms with Gasteiger partial charge in [0.05, 0.1) is 24.2 Å². The molecule has 0 spiro atoms. The highest BCUT2D eigenvalue weighted by Gasteiger charge is 2.38. The molecule has 8 nitrogen and oxygen atoms in total. The van der Waals surface area contributed by atoms with E-state index in [1.54, 1.807) is 37.1 Å². The van der Waals surface area contributed by atoms with Crippen molar-refractivity contribution in [3.63, 3.8) is 0 Å². The van der Waals surface area contributed by atoms with Gasteiger partial charge in [0.25, 0.3) is 5.91 Å². The van der Waals surface area contributed by atoms with Crippen LogP contribution in [0.5, 0.6) is 11.5 Å². The van der Waals surface area contributed by atoms with Crippen LogP contribution in [-0.4, -0.2) is 46.8 Å². The van der Waals surface area contributed by atoms with E-state index in [2.05, 4.69) is 5.32 Å². The van der Waals surface area contributed by atoms with Gasteiger partial charge in [-0.25, -0.2) is 4.39 Å². The molecule has 10 heteroatoms. The van der Waals surface area contributed by atoms with Crippen molar-refractivity contribution in [1.82, 2.24) is 0 Å². The molecule has 0 saturated carbocycles. The molecule has 0 aromatic heterocycles. The maximum Gasteiger partial charge on any atom is 0.309 e. The number of rotatable bonds is 9. The lowest BCUT2D eigenvalue weighted by Gasteiger charge is -2.40. The van der Waals surface area contributed by atoms with Crippen LogP contribution in [0.2, 0.25) is 0 Å². The average Bonchev–Trinajstić information content (AvgIpc) is 2.87. The van der Waals surface area contributed by atoms with Crippen LogP contribution in [0.4, 0.5) is 21.5 Å². The SMILES string of the molecule is CCCS(=O)(=O)Oc1ccc(-c2ccc3c(c2CN(C)c2cccc(F)c2)N(C)C(=O)C(C)(C)N3)c(OC)c1. The van der Waals surface area contributed by atoms with Crippen LogP contribution in [0.25, 0.3) is 11.1 Å². The average molecular weight is 556 g/mol. The standard InChI is InChI=1S/C29H34FN3O5S/c1-7-15-39(35,36)38-21-11-12-23(26(17-21)37-6)22-13-14-25-27(33(5)28(34)29(2,3)31-25)24(22)18-32(4)20-10-8-9-19(30)16-20/h8-14,16-17,31H,7,15,18H2,1-6H3. The van der Waals surface area contributed by atoms with E-state index < -0.39 is 15.7 Å². The molecule has 0 saturated heterocycles. The molecular formula is C29H34FN3O5S. The normalized spacial score (nSPS) is 14.4. The summed E-state index contributed by atoms with van der Waals surface area (Å²) in [5.74, 6) is 0.0182. The number of hydrogen-bond donors (Lipinski definition) is 1. The van der Waals surface area contributed by atoms with Crippen molar-refractivity contribution in [1.29, 1.82) is 0 Å². The minimum Gasteiger partial charge on any atom is -0.496 e. The molecule has 3 aromatic rings. The van der Waals surface area contributed by atoms with E-state index in [4.69, 9.17) is 8.92 Å². The first kappa shape index (κ1) is 28.2. The lowest BCUT2D eigenvalue weighted by Crippen LogP contribution is -2.52. The first-order valence-corrected chi connectivity index (χ1v) is 14.2. The quantitative estimate of drug-likeness (QED) is 0.353. The van der Waals surface area contributed by atoms with Crippen LogP contribution in [0.1, 0.15) is 32.8 Å². The number of anilines is 3. The Bertz CT molecular complexity index is 1510. The summed E-state index contributed by atoms with van der Waals surface area (Å²) >= 11 is 0. The summed E-state index contributed by atoms with van der Waals surface area (Å²) in [6.45, 7) is 5.76. The molecule has 4 rings (SSSR count). The molecule has 39 heavy (non-hydrogen) atoms. The second kappa shape index (κ2) is 10.8. The second-order valence-electron chi connectivity index (χ2n) is 10.1. The van der Waals surface area contributed by atoms with E-state index >= 15 is 0 Å². The van der Waals surface area contributed by atoms with Crippen molar-refractivity contribution in [2.45, 2.75) is 39.3 Å². The van der Waals surface area contributed by atoms with E-state index in [0.29, 0.717) is 35.7 Å². The molecule has 0 fully saturated rings. The minimum atomic E-state index is -3.73. The number of ether oxygens (including phenoxy) is 1. The van der Waals surface area contributed by atoms with Crippen LogP contribution in [0, 0.1) is 5.82 Å². The Hall–Kier alpha value is -3.79. The molecular weight excluding hydrogens is 521 g/mol. The summed E-state index contributed by atoms with van der Waals surface area (Å²) in [5.41, 5.74) is 3.64. The smallest absolute Gasteiger partial charge is 0.309 e. The Labute approximate surface area is 229 Å². The van der Waals surface area contributed by atoms with Gasteiger partial charge in [0.2, 0.25) is 0 Å². The van der Waals surface area contributed by atoms with Gasteiger partial charge in [0, 0.05) is 43.5 Å². The van der Waals surface area contributed by atoms with Crippen molar-refractivity contribution in [3.8, 4) is 22.6 Å². The number of amides is 1. The van der Waals surface area contributed by atoms with Crippen LogP contribution < -0.4 is 24.0 Å². The molecule has 1 heterocycles. The Kier molecular flexibility index (Phi) is 7.79. The van der Waals surface area contributed by atoms with Crippen LogP contribution in [-0.2, 0) is 21.5 Å². The Morgan fingerprint density at radius 1 is 1.08 bits per heavy atom. The third-order valence-corrected chi connectivity index (χ3v) is 8.04. The number of nitrogens with zero attached hydrogens (tertiary/aromatic N) is 2. The third-order valence-electron chi connectivity index (χ3n) is 6.69. The predicted molar refractivity (Wildman–Crippen MR) is 153 cm³/mol. The summed E-state index contributed by atoms with van der Waals surface area (Å²) < 4.78 is 49.4. The first-order chi connectivity index (χ1) is 18.4. The van der Waals surface area contributed by atoms with Gasteiger partial charge in [-0.1, -0.05) is 19.1 Å². The van der Waals surface area contributed by atoms with Gasteiger partial charge >= 0.3 is 10.1 Å². The molecule has 1 amide bonds. The highest BCUT2D eigenvalue weighted by atomic mass is 32.2. The van der Waals surface area contributed by atoms with E-state index in [0.717, 1.165) is 16.8 Å². The highest BCUT2D eigenvalue weighted by molar-refractivity contribution is 7.87. The Balaban J connectivity index is 1.87. The third kappa shape index (κ3) is 5.80. The van der Waals surface area contributed by atoms with Gasteiger partial charge in [-0.2, -0.15) is 8.42 Å². The van der Waals surface area contributed by atoms with Gasteiger partial charge < -0.3 is 24.0 Å². The fourth-order valence-electron chi connectivity index (χ4n) is 4.87. The van der Waals surface area contributed by atoms with Gasteiger partial charge in [0.1, 0.15) is 22.9 Å².